The molecule has 0 aliphatic heterocycles. The maximum Gasteiger partial charge on any atom is 0.250 e. The Bertz CT molecular complexity index is 558. The second kappa shape index (κ2) is 8.51. The van der Waals surface area contributed by atoms with Crippen molar-refractivity contribution >= 4 is 22.9 Å². The van der Waals surface area contributed by atoms with Crippen LogP contribution in [0.3, 0.4) is 0 Å². The molecule has 1 amide bonds. The molecule has 6 heteroatoms. The van der Waals surface area contributed by atoms with E-state index >= 15 is 0 Å². The first kappa shape index (κ1) is 15.6. The molecule has 0 spiro atoms. The van der Waals surface area contributed by atoms with Crippen LogP contribution in [0.25, 0.3) is 10.6 Å². The number of hydrogen-bond acceptors (Lipinski definition) is 5. The van der Waals surface area contributed by atoms with E-state index in [0.29, 0.717) is 19.8 Å². The Hall–Kier alpha value is -1.76. The summed E-state index contributed by atoms with van der Waals surface area (Å²) >= 11 is 1.56. The van der Waals surface area contributed by atoms with Gasteiger partial charge in [0, 0.05) is 29.4 Å². The summed E-state index contributed by atoms with van der Waals surface area (Å²) in [5.41, 5.74) is 1.72. The average molecular weight is 306 g/mol. The molecular formula is C15H18N2O3S. The van der Waals surface area contributed by atoms with Gasteiger partial charge in [-0.05, 0) is 19.1 Å². The first-order valence-electron chi connectivity index (χ1n) is 6.75. The van der Waals surface area contributed by atoms with Crippen molar-refractivity contribution in [3.8, 4) is 10.6 Å². The van der Waals surface area contributed by atoms with E-state index in [4.69, 9.17) is 9.47 Å². The van der Waals surface area contributed by atoms with Gasteiger partial charge in [0.2, 0.25) is 5.91 Å². The number of benzene rings is 1. The Labute approximate surface area is 127 Å². The van der Waals surface area contributed by atoms with Crippen molar-refractivity contribution in [2.75, 3.05) is 31.7 Å². The van der Waals surface area contributed by atoms with Crippen molar-refractivity contribution in [1.82, 2.24) is 4.98 Å². The Morgan fingerprint density at radius 3 is 2.95 bits per heavy atom. The number of hydrogen-bond donors (Lipinski definition) is 1. The molecule has 0 radical (unpaired) electrons. The van der Waals surface area contributed by atoms with E-state index < -0.39 is 0 Å². The van der Waals surface area contributed by atoms with Gasteiger partial charge >= 0.3 is 0 Å². The molecule has 0 bridgehead atoms. The van der Waals surface area contributed by atoms with Crippen LogP contribution in [0.1, 0.15) is 6.92 Å². The molecule has 1 heterocycles. The maximum atomic E-state index is 11.8. The minimum atomic E-state index is -0.178. The van der Waals surface area contributed by atoms with Crippen molar-refractivity contribution in [1.29, 1.82) is 0 Å². The lowest BCUT2D eigenvalue weighted by atomic mass is 10.2. The Balaban J connectivity index is 1.82. The summed E-state index contributed by atoms with van der Waals surface area (Å²) < 4.78 is 10.4. The van der Waals surface area contributed by atoms with Crippen molar-refractivity contribution in [3.63, 3.8) is 0 Å². The number of nitrogens with one attached hydrogen (secondary N) is 1. The first-order valence-corrected chi connectivity index (χ1v) is 7.63. The summed E-state index contributed by atoms with van der Waals surface area (Å²) in [5, 5.41) is 5.66. The molecule has 0 aliphatic rings. The number of nitrogens with zero attached hydrogens (tertiary/aromatic N) is 1. The molecule has 0 fully saturated rings. The molecule has 2 aromatic rings. The third-order valence-corrected chi connectivity index (χ3v) is 3.46. The molecule has 1 aromatic heterocycles. The van der Waals surface area contributed by atoms with Gasteiger partial charge in [-0.1, -0.05) is 12.1 Å². The van der Waals surface area contributed by atoms with E-state index in [2.05, 4.69) is 10.3 Å². The first-order chi connectivity index (χ1) is 10.3. The van der Waals surface area contributed by atoms with Crippen molar-refractivity contribution < 1.29 is 14.3 Å². The summed E-state index contributed by atoms with van der Waals surface area (Å²) in [7, 11) is 0. The fourth-order valence-electron chi connectivity index (χ4n) is 1.72. The number of carbonyl (C=O) groups excluding carboxylic acids is 1. The quantitative estimate of drug-likeness (QED) is 0.762. The maximum absolute atomic E-state index is 11.8. The zero-order chi connectivity index (χ0) is 14.9. The van der Waals surface area contributed by atoms with Crippen LogP contribution in [0.4, 0.5) is 5.69 Å². The number of amides is 1. The predicted octanol–water partition coefficient (Wildman–Crippen LogP) is 2.80. The number of rotatable bonds is 8. The van der Waals surface area contributed by atoms with Gasteiger partial charge < -0.3 is 14.8 Å². The van der Waals surface area contributed by atoms with Gasteiger partial charge in [0.25, 0.3) is 0 Å². The summed E-state index contributed by atoms with van der Waals surface area (Å²) in [6, 6.07) is 7.60. The highest BCUT2D eigenvalue weighted by Crippen LogP contribution is 2.24. The minimum absolute atomic E-state index is 0.0224. The van der Waals surface area contributed by atoms with E-state index in [1.165, 1.54) is 0 Å². The summed E-state index contributed by atoms with van der Waals surface area (Å²) in [6.45, 7) is 3.51. The number of thiazole rings is 1. The van der Waals surface area contributed by atoms with Gasteiger partial charge in [0.15, 0.2) is 0 Å². The predicted molar refractivity (Wildman–Crippen MR) is 83.5 cm³/mol. The zero-order valence-electron chi connectivity index (χ0n) is 11.9. The summed E-state index contributed by atoms with van der Waals surface area (Å²) in [4.78, 5) is 16.0. The van der Waals surface area contributed by atoms with Crippen molar-refractivity contribution in [2.45, 2.75) is 6.92 Å². The molecule has 1 aromatic carbocycles. The van der Waals surface area contributed by atoms with E-state index in [9.17, 15) is 4.79 Å². The van der Waals surface area contributed by atoms with E-state index in [1.807, 2.05) is 36.6 Å². The molecule has 5 nitrogen and oxygen atoms in total. The van der Waals surface area contributed by atoms with E-state index in [0.717, 1.165) is 16.3 Å². The van der Waals surface area contributed by atoms with Crippen LogP contribution in [0.15, 0.2) is 35.8 Å². The molecule has 0 aliphatic carbocycles. The average Bonchev–Trinajstić information content (AvgIpc) is 3.01. The van der Waals surface area contributed by atoms with Gasteiger partial charge in [0.1, 0.15) is 11.6 Å². The Morgan fingerprint density at radius 2 is 2.19 bits per heavy atom. The molecule has 0 unspecified atom stereocenters. The van der Waals surface area contributed by atoms with Crippen molar-refractivity contribution in [2.24, 2.45) is 0 Å². The molecule has 112 valence electrons. The molecule has 0 atom stereocenters. The van der Waals surface area contributed by atoms with E-state index in [1.54, 1.807) is 17.5 Å². The van der Waals surface area contributed by atoms with Gasteiger partial charge in [-0.2, -0.15) is 0 Å². The highest BCUT2D eigenvalue weighted by atomic mass is 32.1. The second-order valence-electron chi connectivity index (χ2n) is 4.22. The molecule has 0 saturated heterocycles. The van der Waals surface area contributed by atoms with E-state index in [-0.39, 0.29) is 12.5 Å². The molecular weight excluding hydrogens is 288 g/mol. The number of anilines is 1. The minimum Gasteiger partial charge on any atom is -0.379 e. The molecule has 1 N–H and O–H groups in total. The van der Waals surface area contributed by atoms with Crippen LogP contribution in [0, 0.1) is 0 Å². The number of carbonyl (C=O) groups is 1. The third-order valence-electron chi connectivity index (χ3n) is 2.63. The lowest BCUT2D eigenvalue weighted by Crippen LogP contribution is -2.19. The highest BCUT2D eigenvalue weighted by Gasteiger charge is 2.05. The fraction of sp³-hybridized carbons (Fsp3) is 0.333. The van der Waals surface area contributed by atoms with Crippen LogP contribution in [-0.2, 0) is 14.3 Å². The number of ether oxygens (including phenoxy) is 2. The topological polar surface area (TPSA) is 60.5 Å². The summed E-state index contributed by atoms with van der Waals surface area (Å²) in [5.74, 6) is -0.178. The highest BCUT2D eigenvalue weighted by molar-refractivity contribution is 7.13. The molecule has 0 saturated carbocycles. The zero-order valence-corrected chi connectivity index (χ0v) is 12.7. The van der Waals surface area contributed by atoms with Crippen LogP contribution in [0.2, 0.25) is 0 Å². The lowest BCUT2D eigenvalue weighted by Gasteiger charge is -2.07. The van der Waals surface area contributed by atoms with Gasteiger partial charge in [0.05, 0.1) is 13.2 Å². The van der Waals surface area contributed by atoms with Crippen LogP contribution >= 0.6 is 11.3 Å². The van der Waals surface area contributed by atoms with Crippen LogP contribution < -0.4 is 5.32 Å². The fourth-order valence-corrected chi connectivity index (χ4v) is 2.36. The van der Waals surface area contributed by atoms with Gasteiger partial charge in [-0.15, -0.1) is 11.3 Å². The molecule has 21 heavy (non-hydrogen) atoms. The largest absolute Gasteiger partial charge is 0.379 e. The third kappa shape index (κ3) is 5.26. The van der Waals surface area contributed by atoms with Gasteiger partial charge in [-0.25, -0.2) is 4.98 Å². The normalized spacial score (nSPS) is 10.5. The standard InChI is InChI=1S/C15H18N2O3S/c1-2-19-7-8-20-11-14(18)17-13-5-3-4-12(10-13)15-16-6-9-21-15/h3-6,9-10H,2,7-8,11H2,1H3,(H,17,18). The van der Waals surface area contributed by atoms with Crippen LogP contribution in [0.5, 0.6) is 0 Å². The molecule has 2 rings (SSSR count). The number of aromatic nitrogens is 1. The summed E-state index contributed by atoms with van der Waals surface area (Å²) in [6.07, 6.45) is 1.76. The lowest BCUT2D eigenvalue weighted by molar-refractivity contribution is -0.121. The Morgan fingerprint density at radius 1 is 1.33 bits per heavy atom. The second-order valence-corrected chi connectivity index (χ2v) is 5.11. The SMILES string of the molecule is CCOCCOCC(=O)Nc1cccc(-c2nccs2)c1. The smallest absolute Gasteiger partial charge is 0.250 e. The van der Waals surface area contributed by atoms with Crippen LogP contribution in [-0.4, -0.2) is 37.3 Å². The van der Waals surface area contributed by atoms with Crippen molar-refractivity contribution in [3.05, 3.63) is 35.8 Å². The van der Waals surface area contributed by atoms with Gasteiger partial charge in [-0.3, -0.25) is 4.79 Å². The monoisotopic (exact) mass is 306 g/mol. The Kier molecular flexibility index (Phi) is 6.33.